The summed E-state index contributed by atoms with van der Waals surface area (Å²) in [6.45, 7) is 2.02. The van der Waals surface area contributed by atoms with Crippen molar-refractivity contribution in [3.63, 3.8) is 0 Å². The van der Waals surface area contributed by atoms with Crippen LogP contribution in [0.15, 0.2) is 0 Å². The second kappa shape index (κ2) is 5.43. The van der Waals surface area contributed by atoms with Crippen molar-refractivity contribution in [2.24, 2.45) is 0 Å². The van der Waals surface area contributed by atoms with E-state index in [-0.39, 0.29) is 0 Å². The first-order valence-corrected chi connectivity index (χ1v) is 8.25. The fourth-order valence-corrected chi connectivity index (χ4v) is 5.82. The molecular formula is C8H14F3NSn. The number of nitrogens with one attached hydrogen (secondary N) is 1. The SMILES string of the molecule is FC(F)(F)C[CH2][Sn][CH]1CCNCC1. The number of hydrogen-bond donors (Lipinski definition) is 1. The van der Waals surface area contributed by atoms with Crippen LogP contribution in [0.1, 0.15) is 19.3 Å². The van der Waals surface area contributed by atoms with E-state index in [1.54, 1.807) is 0 Å². The summed E-state index contributed by atoms with van der Waals surface area (Å²) in [7, 11) is 0. The third kappa shape index (κ3) is 5.78. The van der Waals surface area contributed by atoms with Crippen LogP contribution in [0.5, 0.6) is 0 Å². The molecule has 0 aliphatic carbocycles. The van der Waals surface area contributed by atoms with E-state index in [1.165, 1.54) is 0 Å². The Labute approximate surface area is 86.7 Å². The van der Waals surface area contributed by atoms with E-state index in [4.69, 9.17) is 0 Å². The first-order chi connectivity index (χ1) is 6.08. The zero-order chi connectivity index (χ0) is 9.73. The second-order valence-corrected chi connectivity index (χ2v) is 8.27. The molecule has 1 heterocycles. The van der Waals surface area contributed by atoms with Gasteiger partial charge in [0.05, 0.1) is 0 Å². The molecule has 2 radical (unpaired) electrons. The minimum atomic E-state index is -3.92. The minimum absolute atomic E-state index is 0.470. The van der Waals surface area contributed by atoms with Gasteiger partial charge in [-0.2, -0.15) is 0 Å². The van der Waals surface area contributed by atoms with Crippen LogP contribution in [-0.4, -0.2) is 40.4 Å². The molecule has 13 heavy (non-hydrogen) atoms. The summed E-state index contributed by atoms with van der Waals surface area (Å²) < 4.78 is 36.6. The Morgan fingerprint density at radius 1 is 1.23 bits per heavy atom. The van der Waals surface area contributed by atoms with E-state index in [0.717, 1.165) is 25.9 Å². The second-order valence-electron chi connectivity index (χ2n) is 3.34. The van der Waals surface area contributed by atoms with Crippen molar-refractivity contribution in [1.29, 1.82) is 0 Å². The van der Waals surface area contributed by atoms with Gasteiger partial charge in [0, 0.05) is 0 Å². The quantitative estimate of drug-likeness (QED) is 0.788. The number of alkyl halides is 3. The first kappa shape index (κ1) is 11.6. The first-order valence-electron chi connectivity index (χ1n) is 4.59. The summed E-state index contributed by atoms with van der Waals surface area (Å²) in [5.74, 6) is 0. The molecule has 0 spiro atoms. The van der Waals surface area contributed by atoms with Crippen molar-refractivity contribution < 1.29 is 13.2 Å². The van der Waals surface area contributed by atoms with Crippen molar-refractivity contribution in [2.75, 3.05) is 13.1 Å². The van der Waals surface area contributed by atoms with Crippen LogP contribution in [-0.2, 0) is 0 Å². The van der Waals surface area contributed by atoms with Gasteiger partial charge in [-0.15, -0.1) is 0 Å². The van der Waals surface area contributed by atoms with Crippen molar-refractivity contribution in [1.82, 2.24) is 5.32 Å². The molecule has 1 aliphatic heterocycles. The van der Waals surface area contributed by atoms with Crippen LogP contribution in [0.3, 0.4) is 0 Å². The predicted octanol–water partition coefficient (Wildman–Crippen LogP) is 2.23. The van der Waals surface area contributed by atoms with Crippen LogP contribution < -0.4 is 5.32 Å². The summed E-state index contributed by atoms with van der Waals surface area (Å²) in [5.41, 5.74) is 0. The molecule has 0 unspecified atom stereocenters. The predicted molar refractivity (Wildman–Crippen MR) is 47.1 cm³/mol. The van der Waals surface area contributed by atoms with Gasteiger partial charge in [0.2, 0.25) is 0 Å². The Balaban J connectivity index is 2.04. The Morgan fingerprint density at radius 2 is 1.85 bits per heavy atom. The number of hydrogen-bond acceptors (Lipinski definition) is 1. The van der Waals surface area contributed by atoms with Crippen LogP contribution in [0.25, 0.3) is 0 Å². The Hall–Kier alpha value is 0.549. The van der Waals surface area contributed by atoms with Gasteiger partial charge in [0.1, 0.15) is 0 Å². The van der Waals surface area contributed by atoms with Gasteiger partial charge in [-0.05, 0) is 0 Å². The van der Waals surface area contributed by atoms with Crippen molar-refractivity contribution in [2.45, 2.75) is 33.8 Å². The van der Waals surface area contributed by atoms with Gasteiger partial charge in [-0.1, -0.05) is 0 Å². The van der Waals surface area contributed by atoms with Crippen LogP contribution in [0, 0.1) is 0 Å². The zero-order valence-electron chi connectivity index (χ0n) is 7.45. The molecule has 1 nitrogen and oxygen atoms in total. The average Bonchev–Trinajstić information content (AvgIpc) is 2.04. The monoisotopic (exact) mass is 301 g/mol. The summed E-state index contributed by atoms with van der Waals surface area (Å²) in [4.78, 5) is 0. The van der Waals surface area contributed by atoms with Crippen LogP contribution in [0.4, 0.5) is 13.2 Å². The molecule has 0 amide bonds. The Kier molecular flexibility index (Phi) is 4.86. The van der Waals surface area contributed by atoms with Gasteiger partial charge >= 0.3 is 86.5 Å². The third-order valence-corrected chi connectivity index (χ3v) is 7.01. The van der Waals surface area contributed by atoms with Gasteiger partial charge in [-0.3, -0.25) is 0 Å². The molecule has 0 bridgehead atoms. The van der Waals surface area contributed by atoms with Gasteiger partial charge in [-0.25, -0.2) is 0 Å². The Morgan fingerprint density at radius 3 is 2.38 bits per heavy atom. The van der Waals surface area contributed by atoms with E-state index in [2.05, 4.69) is 5.32 Å². The van der Waals surface area contributed by atoms with E-state index in [0.29, 0.717) is 8.37 Å². The van der Waals surface area contributed by atoms with Crippen LogP contribution in [0.2, 0.25) is 8.37 Å². The maximum atomic E-state index is 11.8. The molecule has 0 aromatic rings. The maximum absolute atomic E-state index is 11.8. The summed E-state index contributed by atoms with van der Waals surface area (Å²) in [6.07, 6.45) is -2.23. The fraction of sp³-hybridized carbons (Fsp3) is 1.00. The van der Waals surface area contributed by atoms with E-state index in [9.17, 15) is 13.2 Å². The van der Waals surface area contributed by atoms with Crippen LogP contribution >= 0.6 is 0 Å². The molecule has 5 heteroatoms. The Bertz CT molecular complexity index is 143. The van der Waals surface area contributed by atoms with Crippen molar-refractivity contribution in [3.05, 3.63) is 0 Å². The molecular weight excluding hydrogens is 286 g/mol. The van der Waals surface area contributed by atoms with E-state index >= 15 is 0 Å². The third-order valence-electron chi connectivity index (χ3n) is 2.18. The summed E-state index contributed by atoms with van der Waals surface area (Å²) in [5, 5.41) is 3.23. The molecule has 0 atom stereocenters. The van der Waals surface area contributed by atoms with Gasteiger partial charge in [0.15, 0.2) is 0 Å². The summed E-state index contributed by atoms with van der Waals surface area (Å²) >= 11 is -0.746. The molecule has 1 saturated heterocycles. The molecule has 0 saturated carbocycles. The van der Waals surface area contributed by atoms with Gasteiger partial charge < -0.3 is 0 Å². The topological polar surface area (TPSA) is 12.0 Å². The molecule has 0 aromatic heterocycles. The number of piperidine rings is 1. The molecule has 1 rings (SSSR count). The molecule has 1 N–H and O–H groups in total. The fourth-order valence-electron chi connectivity index (χ4n) is 1.44. The standard InChI is InChI=1S/C5H10N.C3H4F3.Sn/c1-2-4-6-5-3-1;1-2-3(4,5)6;/h1,6H,2-5H2;1-2H2;. The molecule has 1 aliphatic rings. The van der Waals surface area contributed by atoms with E-state index in [1.807, 2.05) is 0 Å². The van der Waals surface area contributed by atoms with E-state index < -0.39 is 33.7 Å². The number of halogens is 3. The van der Waals surface area contributed by atoms with Crippen molar-refractivity contribution in [3.8, 4) is 0 Å². The number of rotatable bonds is 3. The molecule has 1 fully saturated rings. The average molecular weight is 300 g/mol. The van der Waals surface area contributed by atoms with Gasteiger partial charge in [0.25, 0.3) is 0 Å². The normalized spacial score (nSPS) is 20.5. The summed E-state index contributed by atoms with van der Waals surface area (Å²) in [6, 6.07) is 0. The molecule has 76 valence electrons. The molecule has 0 aromatic carbocycles. The van der Waals surface area contributed by atoms with Crippen molar-refractivity contribution >= 4 is 21.1 Å². The zero-order valence-corrected chi connectivity index (χ0v) is 10.3.